The van der Waals surface area contributed by atoms with E-state index in [-0.39, 0.29) is 19.8 Å². The van der Waals surface area contributed by atoms with Crippen LogP contribution in [-0.4, -0.2) is 44.9 Å². The standard InChI is InChI=1S/C46H48O7/c1-32-39-20-13-21-40(39)37(26-33-22-24-38(48-2)25-23-33)27-41(32)46(49-3)45(52-31-36-18-11-6-12-19-36)44(51-30-35-16-9-5-10-17-35)43(42(28-47)53-46)50-29-34-14-7-4-8-15-34/h4-12,14-19,22-25,27-28,42-45H,13,20-21,26,29-31H2,1-3H3/t42-,43-,44+,45-,46?/m1/s1. The lowest BCUT2D eigenvalue weighted by atomic mass is 9.81. The highest BCUT2D eigenvalue weighted by Gasteiger charge is 2.59. The number of carbonyl (C=O) groups is 1. The molecule has 7 nitrogen and oxygen atoms in total. The molecule has 7 heteroatoms. The van der Waals surface area contributed by atoms with Crippen molar-refractivity contribution in [3.05, 3.63) is 171 Å². The molecule has 0 amide bonds. The van der Waals surface area contributed by atoms with E-state index in [0.717, 1.165) is 65.5 Å². The Hall–Kier alpha value is -4.63. The van der Waals surface area contributed by atoms with Crippen LogP contribution < -0.4 is 4.74 Å². The van der Waals surface area contributed by atoms with Crippen molar-refractivity contribution in [3.8, 4) is 5.75 Å². The smallest absolute Gasteiger partial charge is 0.225 e. The number of hydrogen-bond donors (Lipinski definition) is 0. The molecule has 5 aromatic rings. The second kappa shape index (κ2) is 17.0. The van der Waals surface area contributed by atoms with Crippen LogP contribution in [0.15, 0.2) is 121 Å². The first kappa shape index (κ1) is 36.7. The molecule has 53 heavy (non-hydrogen) atoms. The summed E-state index contributed by atoms with van der Waals surface area (Å²) in [5.41, 5.74) is 9.93. The lowest BCUT2D eigenvalue weighted by molar-refractivity contribution is -0.373. The van der Waals surface area contributed by atoms with E-state index in [1.807, 2.05) is 103 Å². The van der Waals surface area contributed by atoms with Crippen LogP contribution in [0.3, 0.4) is 0 Å². The van der Waals surface area contributed by atoms with Gasteiger partial charge in [-0.1, -0.05) is 103 Å². The molecule has 0 bridgehead atoms. The van der Waals surface area contributed by atoms with E-state index in [4.69, 9.17) is 28.4 Å². The van der Waals surface area contributed by atoms with Crippen molar-refractivity contribution >= 4 is 6.29 Å². The Balaban J connectivity index is 1.35. The maximum atomic E-state index is 13.2. The Morgan fingerprint density at radius 2 is 1.23 bits per heavy atom. The topological polar surface area (TPSA) is 72.5 Å². The number of fused-ring (bicyclic) bond motifs is 1. The fraction of sp³-hybridized carbons (Fsp3) is 0.326. The van der Waals surface area contributed by atoms with E-state index >= 15 is 0 Å². The Morgan fingerprint density at radius 3 is 1.77 bits per heavy atom. The average Bonchev–Trinajstić information content (AvgIpc) is 3.72. The lowest BCUT2D eigenvalue weighted by Crippen LogP contribution is -2.66. The van der Waals surface area contributed by atoms with Gasteiger partial charge in [0, 0.05) is 12.7 Å². The molecule has 0 saturated carbocycles. The molecule has 1 heterocycles. The first-order chi connectivity index (χ1) is 26.0. The van der Waals surface area contributed by atoms with Crippen LogP contribution in [0.1, 0.15) is 56.5 Å². The molecule has 7 rings (SSSR count). The largest absolute Gasteiger partial charge is 0.497 e. The number of methoxy groups -OCH3 is 2. The van der Waals surface area contributed by atoms with Gasteiger partial charge >= 0.3 is 0 Å². The molecular weight excluding hydrogens is 664 g/mol. The van der Waals surface area contributed by atoms with Crippen molar-refractivity contribution in [3.63, 3.8) is 0 Å². The second-order valence-electron chi connectivity index (χ2n) is 13.9. The number of hydrogen-bond acceptors (Lipinski definition) is 7. The maximum absolute atomic E-state index is 13.2. The molecule has 1 fully saturated rings. The summed E-state index contributed by atoms with van der Waals surface area (Å²) < 4.78 is 39.5. The van der Waals surface area contributed by atoms with Gasteiger partial charge in [-0.15, -0.1) is 0 Å². The minimum Gasteiger partial charge on any atom is -0.497 e. The van der Waals surface area contributed by atoms with Gasteiger partial charge in [-0.3, -0.25) is 0 Å². The van der Waals surface area contributed by atoms with Crippen LogP contribution in [0.4, 0.5) is 0 Å². The molecule has 1 aliphatic carbocycles. The third-order valence-corrected chi connectivity index (χ3v) is 10.6. The first-order valence-electron chi connectivity index (χ1n) is 18.5. The quantitative estimate of drug-likeness (QED) is 0.101. The highest BCUT2D eigenvalue weighted by molar-refractivity contribution is 5.59. The Labute approximate surface area is 312 Å². The molecule has 0 spiro atoms. The molecule has 274 valence electrons. The number of benzene rings is 5. The fourth-order valence-corrected chi connectivity index (χ4v) is 7.91. The minimum atomic E-state index is -1.51. The molecule has 0 N–H and O–H groups in total. The molecule has 5 aromatic carbocycles. The van der Waals surface area contributed by atoms with Gasteiger partial charge in [-0.2, -0.15) is 0 Å². The predicted molar refractivity (Wildman–Crippen MR) is 204 cm³/mol. The lowest BCUT2D eigenvalue weighted by Gasteiger charge is -2.51. The monoisotopic (exact) mass is 712 g/mol. The van der Waals surface area contributed by atoms with Crippen molar-refractivity contribution < 1.29 is 33.2 Å². The number of rotatable bonds is 15. The SMILES string of the molecule is COc1ccc(Cc2cc(C3(OC)O[C@H](C=O)[C@@H](OCc4ccccc4)[C@H](OCc4ccccc4)[C@H]3OCc3ccccc3)c(C)c3c2CCC3)cc1. The molecule has 1 saturated heterocycles. The Bertz CT molecular complexity index is 1930. The zero-order chi connectivity index (χ0) is 36.6. The number of ether oxygens (including phenoxy) is 6. The van der Waals surface area contributed by atoms with E-state index in [1.165, 1.54) is 22.3 Å². The summed E-state index contributed by atoms with van der Waals surface area (Å²) in [7, 11) is 3.31. The van der Waals surface area contributed by atoms with Gasteiger partial charge in [0.15, 0.2) is 6.29 Å². The molecule has 5 atom stereocenters. The van der Waals surface area contributed by atoms with Gasteiger partial charge in [0.05, 0.1) is 26.9 Å². The van der Waals surface area contributed by atoms with Crippen molar-refractivity contribution in [2.75, 3.05) is 14.2 Å². The van der Waals surface area contributed by atoms with E-state index < -0.39 is 30.2 Å². The molecule has 2 aliphatic rings. The van der Waals surface area contributed by atoms with Crippen LogP contribution in [0.5, 0.6) is 5.75 Å². The number of carbonyl (C=O) groups excluding carboxylic acids is 1. The summed E-state index contributed by atoms with van der Waals surface area (Å²) in [6.07, 6.45) is 1.16. The van der Waals surface area contributed by atoms with Gasteiger partial charge < -0.3 is 33.2 Å². The molecule has 1 unspecified atom stereocenters. The van der Waals surface area contributed by atoms with Crippen LogP contribution in [0, 0.1) is 6.92 Å². The normalized spacial score (nSPS) is 22.3. The van der Waals surface area contributed by atoms with Gasteiger partial charge in [-0.05, 0) is 95.3 Å². The summed E-state index contributed by atoms with van der Waals surface area (Å²) in [5, 5.41) is 0. The second-order valence-corrected chi connectivity index (χ2v) is 13.9. The fourth-order valence-electron chi connectivity index (χ4n) is 7.91. The Kier molecular flexibility index (Phi) is 11.8. The van der Waals surface area contributed by atoms with E-state index in [9.17, 15) is 4.79 Å². The van der Waals surface area contributed by atoms with Crippen molar-refractivity contribution in [2.45, 2.75) is 82.6 Å². The maximum Gasteiger partial charge on any atom is 0.225 e. The van der Waals surface area contributed by atoms with Gasteiger partial charge in [0.2, 0.25) is 5.79 Å². The molecule has 1 aliphatic heterocycles. The van der Waals surface area contributed by atoms with E-state index in [0.29, 0.717) is 0 Å². The highest BCUT2D eigenvalue weighted by Crippen LogP contribution is 2.47. The zero-order valence-electron chi connectivity index (χ0n) is 30.7. The minimum absolute atomic E-state index is 0.264. The summed E-state index contributed by atoms with van der Waals surface area (Å²) in [5.74, 6) is -0.688. The summed E-state index contributed by atoms with van der Waals surface area (Å²) >= 11 is 0. The van der Waals surface area contributed by atoms with Crippen LogP contribution in [0.25, 0.3) is 0 Å². The zero-order valence-corrected chi connectivity index (χ0v) is 30.7. The van der Waals surface area contributed by atoms with Crippen LogP contribution in [-0.2, 0) is 73.3 Å². The molecule has 0 aromatic heterocycles. The number of aldehydes is 1. The van der Waals surface area contributed by atoms with Gasteiger partial charge in [0.25, 0.3) is 0 Å². The third kappa shape index (κ3) is 8.00. The summed E-state index contributed by atoms with van der Waals surface area (Å²) in [6, 6.07) is 40.4. The van der Waals surface area contributed by atoms with E-state index in [1.54, 1.807) is 14.2 Å². The third-order valence-electron chi connectivity index (χ3n) is 10.6. The summed E-state index contributed by atoms with van der Waals surface area (Å²) in [4.78, 5) is 13.2. The van der Waals surface area contributed by atoms with E-state index in [2.05, 4.69) is 25.1 Å². The van der Waals surface area contributed by atoms with Crippen LogP contribution in [0.2, 0.25) is 0 Å². The summed E-state index contributed by atoms with van der Waals surface area (Å²) in [6.45, 7) is 2.95. The average molecular weight is 713 g/mol. The first-order valence-corrected chi connectivity index (χ1v) is 18.5. The van der Waals surface area contributed by atoms with Gasteiger partial charge in [-0.25, -0.2) is 0 Å². The molecule has 0 radical (unpaired) electrons. The van der Waals surface area contributed by atoms with Crippen molar-refractivity contribution in [2.24, 2.45) is 0 Å². The Morgan fingerprint density at radius 1 is 0.679 bits per heavy atom. The molecular formula is C46H48O7. The van der Waals surface area contributed by atoms with Gasteiger partial charge in [0.1, 0.15) is 30.2 Å². The highest BCUT2D eigenvalue weighted by atomic mass is 16.7. The van der Waals surface area contributed by atoms with Crippen molar-refractivity contribution in [1.82, 2.24) is 0 Å². The van der Waals surface area contributed by atoms with Crippen molar-refractivity contribution in [1.29, 1.82) is 0 Å². The van der Waals surface area contributed by atoms with Crippen LogP contribution >= 0.6 is 0 Å². The predicted octanol–water partition coefficient (Wildman–Crippen LogP) is 8.24.